The number of ether oxygens (including phenoxy) is 1. The molecule has 2 nitrogen and oxygen atoms in total. The van der Waals surface area contributed by atoms with Crippen molar-refractivity contribution in [2.75, 3.05) is 0 Å². The van der Waals surface area contributed by atoms with Gasteiger partial charge in [-0.1, -0.05) is 12.1 Å². The Bertz CT molecular complexity index is 401. The molecule has 14 heavy (non-hydrogen) atoms. The minimum atomic E-state index is -0.151. The zero-order valence-electron chi connectivity index (χ0n) is 7.69. The van der Waals surface area contributed by atoms with Crippen LogP contribution in [0.1, 0.15) is 23.2 Å². The molecule has 2 rings (SSSR count). The molecule has 1 aliphatic rings. The van der Waals surface area contributed by atoms with Gasteiger partial charge in [0.15, 0.2) is 5.78 Å². The summed E-state index contributed by atoms with van der Waals surface area (Å²) in [6, 6.07) is 7.27. The first-order valence-corrected chi connectivity index (χ1v) is 4.53. The van der Waals surface area contributed by atoms with E-state index in [1.54, 1.807) is 12.1 Å². The summed E-state index contributed by atoms with van der Waals surface area (Å²) in [5.41, 5.74) is 0.667. The van der Waals surface area contributed by atoms with Gasteiger partial charge in [0.05, 0.1) is 5.56 Å². The van der Waals surface area contributed by atoms with Crippen LogP contribution in [0.3, 0.4) is 0 Å². The number of para-hydroxylation sites is 1. The highest BCUT2D eigenvalue weighted by Gasteiger charge is 2.24. The van der Waals surface area contributed by atoms with Crippen molar-refractivity contribution in [1.29, 1.82) is 0 Å². The molecule has 1 heterocycles. The molecule has 0 spiro atoms. The first-order chi connectivity index (χ1) is 6.81. The van der Waals surface area contributed by atoms with Crippen molar-refractivity contribution in [2.24, 2.45) is 0 Å². The number of hydrogen-bond donors (Lipinski definition) is 0. The first-order valence-electron chi connectivity index (χ1n) is 4.53. The summed E-state index contributed by atoms with van der Waals surface area (Å²) in [7, 11) is 0. The average Bonchev–Trinajstić information content (AvgIpc) is 2.18. The molecule has 0 radical (unpaired) electrons. The molecule has 2 heteroatoms. The maximum absolute atomic E-state index is 11.6. The molecule has 0 amide bonds. The number of benzene rings is 1. The van der Waals surface area contributed by atoms with E-state index in [1.165, 1.54) is 0 Å². The number of ketones is 1. The van der Waals surface area contributed by atoms with Crippen molar-refractivity contribution in [3.05, 3.63) is 29.8 Å². The van der Waals surface area contributed by atoms with Gasteiger partial charge < -0.3 is 4.74 Å². The Morgan fingerprint density at radius 1 is 1.50 bits per heavy atom. The van der Waals surface area contributed by atoms with E-state index < -0.39 is 0 Å². The van der Waals surface area contributed by atoms with Crippen molar-refractivity contribution in [3.63, 3.8) is 0 Å². The minimum absolute atomic E-state index is 0.118. The molecule has 0 aromatic heterocycles. The van der Waals surface area contributed by atoms with Gasteiger partial charge in [0, 0.05) is 12.8 Å². The van der Waals surface area contributed by atoms with Crippen molar-refractivity contribution < 1.29 is 9.53 Å². The lowest BCUT2D eigenvalue weighted by Gasteiger charge is -2.23. The third-order valence-electron chi connectivity index (χ3n) is 2.24. The molecule has 1 atom stereocenters. The molecule has 1 aromatic rings. The molecule has 0 saturated heterocycles. The number of terminal acetylenes is 1. The van der Waals surface area contributed by atoms with Crippen LogP contribution in [0.4, 0.5) is 0 Å². The second kappa shape index (κ2) is 3.55. The lowest BCUT2D eigenvalue weighted by molar-refractivity contribution is 0.0856. The zero-order valence-corrected chi connectivity index (χ0v) is 7.69. The predicted octanol–water partition coefficient (Wildman–Crippen LogP) is 2.04. The quantitative estimate of drug-likeness (QED) is 0.627. The van der Waals surface area contributed by atoms with Crippen LogP contribution in [0.2, 0.25) is 0 Å². The van der Waals surface area contributed by atoms with Crippen LogP contribution in [0.25, 0.3) is 0 Å². The van der Waals surface area contributed by atoms with Gasteiger partial charge in [-0.3, -0.25) is 4.79 Å². The standard InChI is InChI=1S/C12H10O2/c1-2-5-9-8-11(13)10-6-3-4-7-12(10)14-9/h1,3-4,6-7,9H,5,8H2. The van der Waals surface area contributed by atoms with E-state index in [9.17, 15) is 4.79 Å². The molecule has 0 saturated carbocycles. The van der Waals surface area contributed by atoms with Gasteiger partial charge in [-0.2, -0.15) is 0 Å². The molecule has 0 N–H and O–H groups in total. The summed E-state index contributed by atoms with van der Waals surface area (Å²) in [6.07, 6.45) is 5.91. The van der Waals surface area contributed by atoms with E-state index in [2.05, 4.69) is 5.92 Å². The fourth-order valence-electron chi connectivity index (χ4n) is 1.58. The summed E-state index contributed by atoms with van der Waals surface area (Å²) in [5, 5.41) is 0. The monoisotopic (exact) mass is 186 g/mol. The van der Waals surface area contributed by atoms with Gasteiger partial charge in [0.1, 0.15) is 11.9 Å². The molecule has 0 bridgehead atoms. The highest BCUT2D eigenvalue weighted by molar-refractivity contribution is 5.99. The fourth-order valence-corrected chi connectivity index (χ4v) is 1.58. The van der Waals surface area contributed by atoms with Crippen LogP contribution in [-0.2, 0) is 0 Å². The number of carbonyl (C=O) groups excluding carboxylic acids is 1. The Balaban J connectivity index is 2.30. The van der Waals surface area contributed by atoms with Crippen molar-refractivity contribution in [2.45, 2.75) is 18.9 Å². The van der Waals surface area contributed by atoms with E-state index in [-0.39, 0.29) is 11.9 Å². The number of hydrogen-bond acceptors (Lipinski definition) is 2. The largest absolute Gasteiger partial charge is 0.488 e. The normalized spacial score (nSPS) is 19.4. The summed E-state index contributed by atoms with van der Waals surface area (Å²) < 4.78 is 5.58. The molecule has 1 aromatic carbocycles. The number of rotatable bonds is 1. The molecule has 1 unspecified atom stereocenters. The van der Waals surface area contributed by atoms with Crippen molar-refractivity contribution >= 4 is 5.78 Å². The summed E-state index contributed by atoms with van der Waals surface area (Å²) in [4.78, 5) is 11.6. The van der Waals surface area contributed by atoms with Gasteiger partial charge in [0.25, 0.3) is 0 Å². The molecule has 70 valence electrons. The maximum atomic E-state index is 11.6. The van der Waals surface area contributed by atoms with Crippen LogP contribution in [0.15, 0.2) is 24.3 Å². The van der Waals surface area contributed by atoms with Gasteiger partial charge >= 0.3 is 0 Å². The smallest absolute Gasteiger partial charge is 0.170 e. The predicted molar refractivity (Wildman–Crippen MR) is 53.3 cm³/mol. The van der Waals surface area contributed by atoms with E-state index in [4.69, 9.17) is 11.2 Å². The third kappa shape index (κ3) is 1.49. The Kier molecular flexibility index (Phi) is 2.24. The second-order valence-corrected chi connectivity index (χ2v) is 3.27. The van der Waals surface area contributed by atoms with Crippen LogP contribution >= 0.6 is 0 Å². The molecular weight excluding hydrogens is 176 g/mol. The van der Waals surface area contributed by atoms with Gasteiger partial charge in [-0.15, -0.1) is 12.3 Å². The van der Waals surface area contributed by atoms with E-state index >= 15 is 0 Å². The number of fused-ring (bicyclic) bond motifs is 1. The van der Waals surface area contributed by atoms with Gasteiger partial charge in [-0.25, -0.2) is 0 Å². The summed E-state index contributed by atoms with van der Waals surface area (Å²) >= 11 is 0. The Morgan fingerprint density at radius 3 is 3.07 bits per heavy atom. The van der Waals surface area contributed by atoms with Crippen LogP contribution in [0, 0.1) is 12.3 Å². The summed E-state index contributed by atoms with van der Waals surface area (Å²) in [6.45, 7) is 0. The van der Waals surface area contributed by atoms with Crippen molar-refractivity contribution in [3.8, 4) is 18.1 Å². The third-order valence-corrected chi connectivity index (χ3v) is 2.24. The zero-order chi connectivity index (χ0) is 9.97. The highest BCUT2D eigenvalue weighted by atomic mass is 16.5. The van der Waals surface area contributed by atoms with Crippen molar-refractivity contribution in [1.82, 2.24) is 0 Å². The maximum Gasteiger partial charge on any atom is 0.170 e. The Hall–Kier alpha value is -1.75. The first kappa shape index (κ1) is 8.83. The molecule has 0 fully saturated rings. The van der Waals surface area contributed by atoms with Gasteiger partial charge in [-0.05, 0) is 12.1 Å². The lowest BCUT2D eigenvalue weighted by atomic mass is 9.99. The minimum Gasteiger partial charge on any atom is -0.488 e. The molecule has 0 aliphatic carbocycles. The number of Topliss-reactive ketones (excluding diaryl/α,β-unsaturated/α-hetero) is 1. The Labute approximate surface area is 82.9 Å². The Morgan fingerprint density at radius 2 is 2.29 bits per heavy atom. The molecule has 1 aliphatic heterocycles. The highest BCUT2D eigenvalue weighted by Crippen LogP contribution is 2.27. The number of carbonyl (C=O) groups is 1. The lowest BCUT2D eigenvalue weighted by Crippen LogP contribution is -2.26. The topological polar surface area (TPSA) is 26.3 Å². The second-order valence-electron chi connectivity index (χ2n) is 3.27. The van der Waals surface area contributed by atoms with Gasteiger partial charge in [0.2, 0.25) is 0 Å². The summed E-state index contributed by atoms with van der Waals surface area (Å²) in [5.74, 6) is 3.29. The van der Waals surface area contributed by atoms with E-state index in [0.29, 0.717) is 24.2 Å². The van der Waals surface area contributed by atoms with Crippen LogP contribution < -0.4 is 4.74 Å². The molecular formula is C12H10O2. The SMILES string of the molecule is C#CCC1CC(=O)c2ccccc2O1. The van der Waals surface area contributed by atoms with E-state index in [1.807, 2.05) is 12.1 Å². The van der Waals surface area contributed by atoms with Crippen LogP contribution in [-0.4, -0.2) is 11.9 Å². The average molecular weight is 186 g/mol. The fraction of sp³-hybridized carbons (Fsp3) is 0.250. The van der Waals surface area contributed by atoms with E-state index in [0.717, 1.165) is 0 Å². The van der Waals surface area contributed by atoms with Crippen LogP contribution in [0.5, 0.6) is 5.75 Å².